The molecule has 78 valence electrons. The van der Waals surface area contributed by atoms with Crippen molar-refractivity contribution in [2.45, 2.75) is 13.5 Å². The second kappa shape index (κ2) is 3.74. The summed E-state index contributed by atoms with van der Waals surface area (Å²) in [6.45, 7) is 2.35. The third-order valence-corrected chi connectivity index (χ3v) is 2.46. The zero-order valence-corrected chi connectivity index (χ0v) is 8.64. The lowest BCUT2D eigenvalue weighted by Gasteiger charge is -2.02. The Balaban J connectivity index is 2.55. The van der Waals surface area contributed by atoms with E-state index in [1.54, 1.807) is 4.68 Å². The van der Waals surface area contributed by atoms with Crippen molar-refractivity contribution >= 4 is 5.82 Å². The molecule has 4 N–H and O–H groups in total. The number of nitrogen functional groups attached to an aromatic ring is 1. The van der Waals surface area contributed by atoms with Crippen molar-refractivity contribution in [1.82, 2.24) is 9.78 Å². The predicted molar refractivity (Wildman–Crippen MR) is 60.6 cm³/mol. The first kappa shape index (κ1) is 9.73. The summed E-state index contributed by atoms with van der Waals surface area (Å²) in [5, 5.41) is 4.36. The van der Waals surface area contributed by atoms with Gasteiger partial charge in [-0.15, -0.1) is 0 Å². The van der Waals surface area contributed by atoms with Gasteiger partial charge in [-0.2, -0.15) is 5.10 Å². The van der Waals surface area contributed by atoms with Crippen LogP contribution in [0, 0.1) is 6.92 Å². The molecule has 1 aromatic heterocycles. The lowest BCUT2D eigenvalue weighted by molar-refractivity contribution is 0.839. The zero-order valence-electron chi connectivity index (χ0n) is 8.64. The van der Waals surface area contributed by atoms with E-state index in [2.05, 4.69) is 5.10 Å². The van der Waals surface area contributed by atoms with Gasteiger partial charge in [0.25, 0.3) is 0 Å². The minimum Gasteiger partial charge on any atom is -0.383 e. The van der Waals surface area contributed by atoms with E-state index in [9.17, 15) is 0 Å². The quantitative estimate of drug-likeness (QED) is 0.769. The fourth-order valence-corrected chi connectivity index (χ4v) is 1.52. The molecule has 0 aliphatic rings. The molecule has 0 spiro atoms. The van der Waals surface area contributed by atoms with Crippen LogP contribution in [0.2, 0.25) is 0 Å². The first-order valence-corrected chi connectivity index (χ1v) is 4.83. The molecule has 0 unspecified atom stereocenters. The van der Waals surface area contributed by atoms with E-state index in [0.29, 0.717) is 12.4 Å². The molecule has 2 rings (SSSR count). The van der Waals surface area contributed by atoms with Crippen LogP contribution in [0.25, 0.3) is 5.69 Å². The second-order valence-corrected chi connectivity index (χ2v) is 3.41. The van der Waals surface area contributed by atoms with Crippen molar-refractivity contribution in [2.24, 2.45) is 5.73 Å². The molecule has 4 heteroatoms. The van der Waals surface area contributed by atoms with Gasteiger partial charge in [0.1, 0.15) is 5.82 Å². The Morgan fingerprint density at radius 1 is 1.27 bits per heavy atom. The van der Waals surface area contributed by atoms with Crippen LogP contribution in [0.3, 0.4) is 0 Å². The first-order valence-electron chi connectivity index (χ1n) is 4.83. The molecular weight excluding hydrogens is 188 g/mol. The van der Waals surface area contributed by atoms with Gasteiger partial charge in [-0.3, -0.25) is 0 Å². The highest BCUT2D eigenvalue weighted by Gasteiger charge is 2.10. The average Bonchev–Trinajstić information content (AvgIpc) is 2.57. The minimum absolute atomic E-state index is 0.413. The lowest BCUT2D eigenvalue weighted by Crippen LogP contribution is -2.02. The van der Waals surface area contributed by atoms with Gasteiger partial charge in [0, 0.05) is 12.1 Å². The molecular formula is C11H14N4. The third kappa shape index (κ3) is 1.59. The molecule has 1 aromatic carbocycles. The Kier molecular flexibility index (Phi) is 2.43. The molecule has 0 saturated heterocycles. The highest BCUT2D eigenvalue weighted by Crippen LogP contribution is 2.19. The van der Waals surface area contributed by atoms with Gasteiger partial charge in [0.05, 0.1) is 11.4 Å². The summed E-state index contributed by atoms with van der Waals surface area (Å²) in [6, 6.07) is 9.79. The Hall–Kier alpha value is -1.81. The number of nitrogens with zero attached hydrogens (tertiary/aromatic N) is 2. The highest BCUT2D eigenvalue weighted by molar-refractivity contribution is 5.49. The summed E-state index contributed by atoms with van der Waals surface area (Å²) in [5.74, 6) is 0.654. The fourth-order valence-electron chi connectivity index (χ4n) is 1.52. The molecule has 0 aliphatic carbocycles. The molecule has 0 saturated carbocycles. The number of benzene rings is 1. The van der Waals surface area contributed by atoms with Crippen molar-refractivity contribution in [2.75, 3.05) is 5.73 Å². The van der Waals surface area contributed by atoms with Crippen LogP contribution in [0.4, 0.5) is 5.82 Å². The molecule has 0 radical (unpaired) electrons. The van der Waals surface area contributed by atoms with Crippen molar-refractivity contribution in [3.8, 4) is 5.69 Å². The first-order chi connectivity index (χ1) is 7.24. The van der Waals surface area contributed by atoms with Gasteiger partial charge >= 0.3 is 0 Å². The maximum atomic E-state index is 5.96. The van der Waals surface area contributed by atoms with Crippen LogP contribution < -0.4 is 11.5 Å². The standard InChI is InChI=1S/C11H14N4/c1-8-10(7-12)14-15(11(8)13)9-5-3-2-4-6-9/h2-6H,7,12-13H2,1H3. The monoisotopic (exact) mass is 202 g/mol. The second-order valence-electron chi connectivity index (χ2n) is 3.41. The van der Waals surface area contributed by atoms with Crippen molar-refractivity contribution in [1.29, 1.82) is 0 Å². The molecule has 0 amide bonds. The van der Waals surface area contributed by atoms with E-state index >= 15 is 0 Å². The van der Waals surface area contributed by atoms with E-state index in [1.807, 2.05) is 37.3 Å². The van der Waals surface area contributed by atoms with Gasteiger partial charge in [0.2, 0.25) is 0 Å². The number of hydrogen-bond donors (Lipinski definition) is 2. The number of aromatic nitrogens is 2. The van der Waals surface area contributed by atoms with E-state index in [4.69, 9.17) is 11.5 Å². The molecule has 1 heterocycles. The Morgan fingerprint density at radius 3 is 2.47 bits per heavy atom. The molecule has 15 heavy (non-hydrogen) atoms. The highest BCUT2D eigenvalue weighted by atomic mass is 15.3. The molecule has 0 bridgehead atoms. The van der Waals surface area contributed by atoms with Gasteiger partial charge < -0.3 is 11.5 Å². The molecule has 4 nitrogen and oxygen atoms in total. The van der Waals surface area contributed by atoms with Crippen molar-refractivity contribution < 1.29 is 0 Å². The van der Waals surface area contributed by atoms with Crippen LogP contribution >= 0.6 is 0 Å². The molecule has 0 atom stereocenters. The third-order valence-electron chi connectivity index (χ3n) is 2.46. The van der Waals surface area contributed by atoms with E-state index in [1.165, 1.54) is 0 Å². The molecule has 2 aromatic rings. The lowest BCUT2D eigenvalue weighted by atomic mass is 10.2. The normalized spacial score (nSPS) is 10.5. The van der Waals surface area contributed by atoms with E-state index in [-0.39, 0.29) is 0 Å². The van der Waals surface area contributed by atoms with E-state index < -0.39 is 0 Å². The smallest absolute Gasteiger partial charge is 0.130 e. The number of anilines is 1. The largest absolute Gasteiger partial charge is 0.383 e. The fraction of sp³-hybridized carbons (Fsp3) is 0.182. The summed E-state index contributed by atoms with van der Waals surface area (Å²) >= 11 is 0. The van der Waals surface area contributed by atoms with E-state index in [0.717, 1.165) is 16.9 Å². The number of rotatable bonds is 2. The summed E-state index contributed by atoms with van der Waals surface area (Å²) in [4.78, 5) is 0. The SMILES string of the molecule is Cc1c(CN)nn(-c2ccccc2)c1N. The van der Waals surface area contributed by atoms with Gasteiger partial charge in [-0.05, 0) is 19.1 Å². The summed E-state index contributed by atoms with van der Waals surface area (Å²) < 4.78 is 1.72. The van der Waals surface area contributed by atoms with Crippen LogP contribution in [0.5, 0.6) is 0 Å². The van der Waals surface area contributed by atoms with Gasteiger partial charge in [-0.25, -0.2) is 4.68 Å². The maximum absolute atomic E-state index is 5.96. The number of para-hydroxylation sites is 1. The number of nitrogens with two attached hydrogens (primary N) is 2. The summed E-state index contributed by atoms with van der Waals surface area (Å²) in [5.41, 5.74) is 14.3. The Labute approximate surface area is 88.5 Å². The molecule has 0 fully saturated rings. The van der Waals surface area contributed by atoms with Gasteiger partial charge in [0.15, 0.2) is 0 Å². The van der Waals surface area contributed by atoms with Crippen LogP contribution in [-0.2, 0) is 6.54 Å². The predicted octanol–water partition coefficient (Wildman–Crippen LogP) is 1.22. The molecule has 0 aliphatic heterocycles. The zero-order chi connectivity index (χ0) is 10.8. The van der Waals surface area contributed by atoms with Crippen LogP contribution in [-0.4, -0.2) is 9.78 Å². The van der Waals surface area contributed by atoms with Crippen molar-refractivity contribution in [3.05, 3.63) is 41.6 Å². The van der Waals surface area contributed by atoms with Crippen molar-refractivity contribution in [3.63, 3.8) is 0 Å². The summed E-state index contributed by atoms with van der Waals surface area (Å²) in [7, 11) is 0. The van der Waals surface area contributed by atoms with Crippen LogP contribution in [0.15, 0.2) is 30.3 Å². The van der Waals surface area contributed by atoms with Crippen LogP contribution in [0.1, 0.15) is 11.3 Å². The van der Waals surface area contributed by atoms with Gasteiger partial charge in [-0.1, -0.05) is 18.2 Å². The topological polar surface area (TPSA) is 69.9 Å². The Morgan fingerprint density at radius 2 is 1.93 bits per heavy atom. The average molecular weight is 202 g/mol. The minimum atomic E-state index is 0.413. The maximum Gasteiger partial charge on any atom is 0.130 e. The Bertz CT molecular complexity index is 459. The summed E-state index contributed by atoms with van der Waals surface area (Å²) in [6.07, 6.45) is 0. The number of hydrogen-bond acceptors (Lipinski definition) is 3.